The highest BCUT2D eigenvalue weighted by Crippen LogP contribution is 2.41. The maximum Gasteiger partial charge on any atom is 0.171 e. The Kier molecular flexibility index (Phi) is 5.67. The van der Waals surface area contributed by atoms with E-state index in [9.17, 15) is 0 Å². The lowest BCUT2D eigenvalue weighted by Gasteiger charge is -2.38. The summed E-state index contributed by atoms with van der Waals surface area (Å²) in [4.78, 5) is 0. The molecule has 0 aliphatic carbocycles. The first-order valence-corrected chi connectivity index (χ1v) is 9.38. The number of methoxy groups -OCH3 is 2. The molecule has 0 unspecified atom stereocenters. The molecule has 1 atom stereocenters. The molecule has 0 aromatic heterocycles. The summed E-state index contributed by atoms with van der Waals surface area (Å²) in [6.45, 7) is 4.12. The van der Waals surface area contributed by atoms with Gasteiger partial charge in [0.15, 0.2) is 5.11 Å². The minimum absolute atomic E-state index is 0.0170. The van der Waals surface area contributed by atoms with Crippen LogP contribution in [-0.4, -0.2) is 24.9 Å². The maximum absolute atomic E-state index is 6.18. The zero-order valence-electron chi connectivity index (χ0n) is 15.8. The van der Waals surface area contributed by atoms with Gasteiger partial charge in [-0.05, 0) is 56.4 Å². The fourth-order valence-corrected chi connectivity index (χ4v) is 3.67. The zero-order chi connectivity index (χ0) is 19.6. The molecule has 144 valence electrons. The molecular weight excluding hydrogens is 384 g/mol. The number of hydrogen-bond acceptors (Lipinski definition) is 4. The van der Waals surface area contributed by atoms with Gasteiger partial charge in [0.25, 0.3) is 0 Å². The number of hydrogen-bond donors (Lipinski definition) is 2. The number of halogens is 1. The molecule has 0 saturated carbocycles. The van der Waals surface area contributed by atoms with Crippen LogP contribution in [0.5, 0.6) is 17.2 Å². The Hall–Kier alpha value is -2.18. The van der Waals surface area contributed by atoms with Crippen LogP contribution < -0.4 is 24.8 Å². The van der Waals surface area contributed by atoms with Crippen LogP contribution in [0.3, 0.4) is 0 Å². The molecule has 2 N–H and O–H groups in total. The molecule has 1 aliphatic heterocycles. The third-order valence-electron chi connectivity index (χ3n) is 4.39. The summed E-state index contributed by atoms with van der Waals surface area (Å²) >= 11 is 11.7. The van der Waals surface area contributed by atoms with E-state index in [0.29, 0.717) is 15.9 Å². The van der Waals surface area contributed by atoms with Gasteiger partial charge in [0, 0.05) is 23.7 Å². The van der Waals surface area contributed by atoms with Crippen molar-refractivity contribution in [1.82, 2.24) is 5.32 Å². The first kappa shape index (κ1) is 19.6. The third kappa shape index (κ3) is 4.57. The normalized spacial score (nSPS) is 17.3. The van der Waals surface area contributed by atoms with Gasteiger partial charge in [-0.1, -0.05) is 11.6 Å². The minimum Gasteiger partial charge on any atom is -0.497 e. The van der Waals surface area contributed by atoms with Gasteiger partial charge in [-0.25, -0.2) is 0 Å². The molecular formula is C20H23ClN2O3S. The average Bonchev–Trinajstić information content (AvgIpc) is 2.60. The molecule has 1 aliphatic rings. The van der Waals surface area contributed by atoms with Crippen LogP contribution in [-0.2, 0) is 0 Å². The van der Waals surface area contributed by atoms with Crippen molar-refractivity contribution in [3.63, 3.8) is 0 Å². The molecule has 0 saturated heterocycles. The van der Waals surface area contributed by atoms with E-state index >= 15 is 0 Å². The molecule has 0 bridgehead atoms. The molecule has 0 spiro atoms. The SMILES string of the molecule is COc1ccc2c(c1)OC(C)(C)C[C@@H]2NC(=S)Nc1ccc(OC)c(Cl)c1. The number of benzene rings is 2. The molecule has 2 aromatic carbocycles. The van der Waals surface area contributed by atoms with Crippen molar-refractivity contribution in [3.05, 3.63) is 47.0 Å². The summed E-state index contributed by atoms with van der Waals surface area (Å²) in [6.07, 6.45) is 0.775. The van der Waals surface area contributed by atoms with Crippen LogP contribution in [0.4, 0.5) is 5.69 Å². The van der Waals surface area contributed by atoms with Crippen LogP contribution in [0.2, 0.25) is 5.02 Å². The van der Waals surface area contributed by atoms with Crippen LogP contribution >= 0.6 is 23.8 Å². The van der Waals surface area contributed by atoms with Gasteiger partial charge in [-0.15, -0.1) is 0 Å². The number of anilines is 1. The first-order chi connectivity index (χ1) is 12.8. The van der Waals surface area contributed by atoms with Gasteiger partial charge in [0.1, 0.15) is 22.8 Å². The molecule has 0 amide bonds. The second kappa shape index (κ2) is 7.82. The average molecular weight is 407 g/mol. The van der Waals surface area contributed by atoms with E-state index < -0.39 is 0 Å². The highest BCUT2D eigenvalue weighted by Gasteiger charge is 2.34. The van der Waals surface area contributed by atoms with Gasteiger partial charge in [0.2, 0.25) is 0 Å². The van der Waals surface area contributed by atoms with E-state index in [-0.39, 0.29) is 11.6 Å². The molecule has 27 heavy (non-hydrogen) atoms. The van der Waals surface area contributed by atoms with Gasteiger partial charge < -0.3 is 24.8 Å². The smallest absolute Gasteiger partial charge is 0.171 e. The van der Waals surface area contributed by atoms with Crippen molar-refractivity contribution in [2.24, 2.45) is 0 Å². The molecule has 0 fully saturated rings. The maximum atomic E-state index is 6.18. The fourth-order valence-electron chi connectivity index (χ4n) is 3.16. The van der Waals surface area contributed by atoms with E-state index in [1.807, 2.05) is 24.3 Å². The fraction of sp³-hybridized carbons (Fsp3) is 0.350. The molecule has 1 heterocycles. The summed E-state index contributed by atoms with van der Waals surface area (Å²) in [5.41, 5.74) is 1.52. The van der Waals surface area contributed by atoms with E-state index in [4.69, 9.17) is 38.0 Å². The molecule has 3 rings (SSSR count). The standard InChI is InChI=1S/C20H23ClN2O3S/c1-20(2)11-16(14-7-6-13(24-3)10-18(14)26-20)23-19(27)22-12-5-8-17(25-4)15(21)9-12/h5-10,16H,11H2,1-4H3,(H2,22,23,27)/t16-/m0/s1. The Morgan fingerprint density at radius 3 is 2.63 bits per heavy atom. The lowest BCUT2D eigenvalue weighted by Crippen LogP contribution is -2.42. The van der Waals surface area contributed by atoms with E-state index in [2.05, 4.69) is 24.5 Å². The summed E-state index contributed by atoms with van der Waals surface area (Å²) in [7, 11) is 3.23. The van der Waals surface area contributed by atoms with Crippen LogP contribution in [0, 0.1) is 0 Å². The van der Waals surface area contributed by atoms with Crippen molar-refractivity contribution in [2.75, 3.05) is 19.5 Å². The van der Waals surface area contributed by atoms with Crippen molar-refractivity contribution < 1.29 is 14.2 Å². The quantitative estimate of drug-likeness (QED) is 0.701. The van der Waals surface area contributed by atoms with Gasteiger partial charge in [0.05, 0.1) is 25.3 Å². The Bertz CT molecular complexity index is 857. The van der Waals surface area contributed by atoms with Gasteiger partial charge >= 0.3 is 0 Å². The number of fused-ring (bicyclic) bond motifs is 1. The monoisotopic (exact) mass is 406 g/mol. The second-order valence-electron chi connectivity index (χ2n) is 6.97. The second-order valence-corrected chi connectivity index (χ2v) is 7.79. The zero-order valence-corrected chi connectivity index (χ0v) is 17.3. The lowest BCUT2D eigenvalue weighted by atomic mass is 9.89. The Labute approximate surface area is 170 Å². The van der Waals surface area contributed by atoms with Crippen molar-refractivity contribution >= 4 is 34.6 Å². The summed E-state index contributed by atoms with van der Waals surface area (Å²) < 4.78 is 16.6. The summed E-state index contributed by atoms with van der Waals surface area (Å²) in [6, 6.07) is 11.3. The molecule has 0 radical (unpaired) electrons. The number of thiocarbonyl (C=S) groups is 1. The summed E-state index contributed by atoms with van der Waals surface area (Å²) in [5, 5.41) is 7.60. The van der Waals surface area contributed by atoms with Crippen LogP contribution in [0.25, 0.3) is 0 Å². The van der Waals surface area contributed by atoms with Gasteiger partial charge in [-0.3, -0.25) is 0 Å². The summed E-state index contributed by atoms with van der Waals surface area (Å²) in [5.74, 6) is 2.19. The van der Waals surface area contributed by atoms with Crippen molar-refractivity contribution in [1.29, 1.82) is 0 Å². The minimum atomic E-state index is -0.323. The number of ether oxygens (including phenoxy) is 3. The molecule has 2 aromatic rings. The van der Waals surface area contributed by atoms with Gasteiger partial charge in [-0.2, -0.15) is 0 Å². The number of nitrogens with one attached hydrogen (secondary N) is 2. The first-order valence-electron chi connectivity index (χ1n) is 8.59. The molecule has 7 heteroatoms. The Morgan fingerprint density at radius 2 is 1.96 bits per heavy atom. The Balaban J connectivity index is 1.76. The van der Waals surface area contributed by atoms with Crippen LogP contribution in [0.1, 0.15) is 31.9 Å². The largest absolute Gasteiger partial charge is 0.497 e. The van der Waals surface area contributed by atoms with E-state index in [1.54, 1.807) is 26.4 Å². The highest BCUT2D eigenvalue weighted by atomic mass is 35.5. The Morgan fingerprint density at radius 1 is 1.19 bits per heavy atom. The van der Waals surface area contributed by atoms with Crippen molar-refractivity contribution in [2.45, 2.75) is 31.9 Å². The van der Waals surface area contributed by atoms with E-state index in [1.165, 1.54) is 0 Å². The number of rotatable bonds is 4. The highest BCUT2D eigenvalue weighted by molar-refractivity contribution is 7.80. The predicted molar refractivity (Wildman–Crippen MR) is 112 cm³/mol. The van der Waals surface area contributed by atoms with Crippen molar-refractivity contribution in [3.8, 4) is 17.2 Å². The topological polar surface area (TPSA) is 51.8 Å². The lowest BCUT2D eigenvalue weighted by molar-refractivity contribution is 0.0693. The van der Waals surface area contributed by atoms with E-state index in [0.717, 1.165) is 29.2 Å². The predicted octanol–water partition coefficient (Wildman–Crippen LogP) is 4.95. The molecule has 5 nitrogen and oxygen atoms in total. The van der Waals surface area contributed by atoms with Crippen LogP contribution in [0.15, 0.2) is 36.4 Å². The third-order valence-corrected chi connectivity index (χ3v) is 4.91.